The highest BCUT2D eigenvalue weighted by Crippen LogP contribution is 2.24. The molecule has 0 saturated heterocycles. The number of hydrogen-bond donors (Lipinski definition) is 2. The van der Waals surface area contributed by atoms with Crippen LogP contribution in [-0.4, -0.2) is 60.9 Å². The van der Waals surface area contributed by atoms with Gasteiger partial charge in [-0.25, -0.2) is 0 Å². The Morgan fingerprint density at radius 1 is 0.870 bits per heavy atom. The first kappa shape index (κ1) is 22.8. The minimum Gasteiger partial charge on any atom is -0.373 e. The molecule has 4 nitrogen and oxygen atoms in total. The van der Waals surface area contributed by atoms with E-state index in [4.69, 9.17) is 4.74 Å². The molecule has 0 aliphatic heterocycles. The highest BCUT2D eigenvalue weighted by molar-refractivity contribution is 4.87. The molecule has 0 aliphatic carbocycles. The molecule has 0 saturated carbocycles. The average Bonchev–Trinajstić information content (AvgIpc) is 2.22. The van der Waals surface area contributed by atoms with Gasteiger partial charge in [0.1, 0.15) is 0 Å². The SMILES string of the molecule is CC(C)OC(C)(C)CC(C)(C)NCCN(C)CCNC(C)(C)C. The van der Waals surface area contributed by atoms with Gasteiger partial charge in [-0.15, -0.1) is 0 Å². The summed E-state index contributed by atoms with van der Waals surface area (Å²) in [6.07, 6.45) is 1.26. The predicted molar refractivity (Wildman–Crippen MR) is 102 cm³/mol. The first-order chi connectivity index (χ1) is 10.2. The number of rotatable bonds is 11. The summed E-state index contributed by atoms with van der Waals surface area (Å²) in [7, 11) is 2.19. The van der Waals surface area contributed by atoms with E-state index >= 15 is 0 Å². The van der Waals surface area contributed by atoms with Gasteiger partial charge in [0.2, 0.25) is 0 Å². The van der Waals surface area contributed by atoms with Crippen LogP contribution in [0.25, 0.3) is 0 Å². The number of hydrogen-bond acceptors (Lipinski definition) is 4. The first-order valence-electron chi connectivity index (χ1n) is 9.09. The van der Waals surface area contributed by atoms with Gasteiger partial charge in [0, 0.05) is 37.3 Å². The molecule has 0 aromatic carbocycles. The second-order valence-electron chi connectivity index (χ2n) is 9.39. The molecule has 0 unspecified atom stereocenters. The zero-order valence-electron chi connectivity index (χ0n) is 17.5. The van der Waals surface area contributed by atoms with Crippen molar-refractivity contribution in [3.63, 3.8) is 0 Å². The van der Waals surface area contributed by atoms with Crippen molar-refractivity contribution in [2.24, 2.45) is 0 Å². The van der Waals surface area contributed by atoms with Crippen LogP contribution in [0.4, 0.5) is 0 Å². The molecular formula is C19H43N3O. The van der Waals surface area contributed by atoms with Gasteiger partial charge in [0.05, 0.1) is 11.7 Å². The van der Waals surface area contributed by atoms with Crippen LogP contribution in [0.3, 0.4) is 0 Å². The van der Waals surface area contributed by atoms with Gasteiger partial charge in [-0.1, -0.05) is 0 Å². The average molecular weight is 330 g/mol. The van der Waals surface area contributed by atoms with Crippen LogP contribution in [0, 0.1) is 0 Å². The molecule has 2 N–H and O–H groups in total. The molecule has 0 radical (unpaired) electrons. The van der Waals surface area contributed by atoms with E-state index in [9.17, 15) is 0 Å². The number of nitrogens with one attached hydrogen (secondary N) is 2. The molecule has 23 heavy (non-hydrogen) atoms. The van der Waals surface area contributed by atoms with Crippen LogP contribution in [0.15, 0.2) is 0 Å². The molecule has 140 valence electrons. The summed E-state index contributed by atoms with van der Waals surface area (Å²) < 4.78 is 6.03. The highest BCUT2D eigenvalue weighted by atomic mass is 16.5. The Kier molecular flexibility index (Phi) is 9.29. The monoisotopic (exact) mass is 329 g/mol. The number of likely N-dealkylation sites (N-methyl/N-ethyl adjacent to an activating group) is 1. The Hall–Kier alpha value is -0.160. The third-order valence-corrected chi connectivity index (χ3v) is 3.67. The summed E-state index contributed by atoms with van der Waals surface area (Å²) in [5, 5.41) is 7.21. The zero-order chi connectivity index (χ0) is 18.3. The van der Waals surface area contributed by atoms with Gasteiger partial charge in [0.15, 0.2) is 0 Å². The van der Waals surface area contributed by atoms with E-state index in [0.717, 1.165) is 32.6 Å². The fourth-order valence-corrected chi connectivity index (χ4v) is 3.13. The lowest BCUT2D eigenvalue weighted by atomic mass is 9.89. The Balaban J connectivity index is 4.05. The molecule has 0 rings (SSSR count). The minimum absolute atomic E-state index is 0.0723. The highest BCUT2D eigenvalue weighted by Gasteiger charge is 2.29. The van der Waals surface area contributed by atoms with Crippen LogP contribution in [0.5, 0.6) is 0 Å². The quantitative estimate of drug-likeness (QED) is 0.610. The van der Waals surface area contributed by atoms with E-state index in [1.807, 2.05) is 0 Å². The van der Waals surface area contributed by atoms with Crippen molar-refractivity contribution < 1.29 is 4.74 Å². The summed E-state index contributed by atoms with van der Waals surface area (Å²) in [6, 6.07) is 0. The van der Waals surface area contributed by atoms with Crippen molar-refractivity contribution in [2.45, 2.75) is 91.5 Å². The van der Waals surface area contributed by atoms with Crippen molar-refractivity contribution in [3.05, 3.63) is 0 Å². The fourth-order valence-electron chi connectivity index (χ4n) is 3.13. The van der Waals surface area contributed by atoms with Crippen molar-refractivity contribution >= 4 is 0 Å². The van der Waals surface area contributed by atoms with Crippen LogP contribution in [0.2, 0.25) is 0 Å². The van der Waals surface area contributed by atoms with E-state index in [1.54, 1.807) is 0 Å². The minimum atomic E-state index is -0.104. The van der Waals surface area contributed by atoms with Crippen LogP contribution >= 0.6 is 0 Å². The summed E-state index contributed by atoms with van der Waals surface area (Å²) in [5.74, 6) is 0. The Bertz CT molecular complexity index is 319. The molecule has 0 amide bonds. The summed E-state index contributed by atoms with van der Waals surface area (Å²) in [6.45, 7) is 23.9. The lowest BCUT2D eigenvalue weighted by Crippen LogP contribution is -2.49. The van der Waals surface area contributed by atoms with E-state index in [0.29, 0.717) is 0 Å². The van der Waals surface area contributed by atoms with Gasteiger partial charge < -0.3 is 20.3 Å². The molecular weight excluding hydrogens is 286 g/mol. The molecule has 0 aliphatic rings. The van der Waals surface area contributed by atoms with Gasteiger partial charge in [0.25, 0.3) is 0 Å². The fraction of sp³-hybridized carbons (Fsp3) is 1.00. The Morgan fingerprint density at radius 3 is 1.78 bits per heavy atom. The molecule has 0 heterocycles. The smallest absolute Gasteiger partial charge is 0.0647 e. The molecule has 0 bridgehead atoms. The van der Waals surface area contributed by atoms with Gasteiger partial charge in [-0.3, -0.25) is 0 Å². The van der Waals surface area contributed by atoms with Crippen molar-refractivity contribution in [1.82, 2.24) is 15.5 Å². The summed E-state index contributed by atoms with van der Waals surface area (Å²) in [5.41, 5.74) is 0.166. The Labute approximate surface area is 145 Å². The molecule has 0 spiro atoms. The third-order valence-electron chi connectivity index (χ3n) is 3.67. The Morgan fingerprint density at radius 2 is 1.35 bits per heavy atom. The maximum atomic E-state index is 6.03. The van der Waals surface area contributed by atoms with Crippen molar-refractivity contribution in [2.75, 3.05) is 33.2 Å². The first-order valence-corrected chi connectivity index (χ1v) is 9.09. The maximum Gasteiger partial charge on any atom is 0.0647 e. The molecule has 0 aromatic rings. The standard InChI is InChI=1S/C19H43N3O/c1-16(2)23-19(8,9)15-18(6,7)21-12-14-22(10)13-11-20-17(3,4)5/h16,20-21H,11-15H2,1-10H3. The summed E-state index contributed by atoms with van der Waals surface area (Å²) >= 11 is 0. The van der Waals surface area contributed by atoms with E-state index < -0.39 is 0 Å². The van der Waals surface area contributed by atoms with Crippen LogP contribution in [0.1, 0.15) is 68.7 Å². The normalized spacial score (nSPS) is 14.1. The molecule has 0 fully saturated rings. The third kappa shape index (κ3) is 13.9. The second kappa shape index (κ2) is 9.36. The lowest BCUT2D eigenvalue weighted by molar-refractivity contribution is -0.0721. The van der Waals surface area contributed by atoms with Gasteiger partial charge in [-0.2, -0.15) is 0 Å². The van der Waals surface area contributed by atoms with Crippen molar-refractivity contribution in [3.8, 4) is 0 Å². The van der Waals surface area contributed by atoms with Crippen LogP contribution < -0.4 is 10.6 Å². The largest absolute Gasteiger partial charge is 0.373 e. The maximum absolute atomic E-state index is 6.03. The predicted octanol–water partition coefficient (Wildman–Crippen LogP) is 3.27. The van der Waals surface area contributed by atoms with Gasteiger partial charge in [-0.05, 0) is 75.8 Å². The molecule has 4 heteroatoms. The number of nitrogens with zero attached hydrogens (tertiary/aromatic N) is 1. The lowest BCUT2D eigenvalue weighted by Gasteiger charge is -2.37. The number of ether oxygens (including phenoxy) is 1. The van der Waals surface area contributed by atoms with Gasteiger partial charge >= 0.3 is 0 Å². The van der Waals surface area contributed by atoms with Crippen molar-refractivity contribution in [1.29, 1.82) is 0 Å². The topological polar surface area (TPSA) is 36.5 Å². The second-order valence-corrected chi connectivity index (χ2v) is 9.39. The van der Waals surface area contributed by atoms with E-state index in [-0.39, 0.29) is 22.8 Å². The zero-order valence-corrected chi connectivity index (χ0v) is 17.5. The van der Waals surface area contributed by atoms with E-state index in [1.165, 1.54) is 0 Å². The van der Waals surface area contributed by atoms with Crippen LogP contribution in [-0.2, 0) is 4.74 Å². The summed E-state index contributed by atoms with van der Waals surface area (Å²) in [4.78, 5) is 2.37. The molecule has 0 atom stereocenters. The molecule has 0 aromatic heterocycles. The van der Waals surface area contributed by atoms with E-state index in [2.05, 4.69) is 84.9 Å².